The molecule has 0 saturated carbocycles. The molecule has 4 heterocycles. The molecule has 0 radical (unpaired) electrons. The van der Waals surface area contributed by atoms with E-state index < -0.39 is 215 Å². The summed E-state index contributed by atoms with van der Waals surface area (Å²) in [6.45, 7) is 12.2. The largest absolute Gasteiger partial charge is 0.463 e. The van der Waals surface area contributed by atoms with Crippen molar-refractivity contribution in [1.29, 1.82) is 0 Å². The first-order chi connectivity index (χ1) is 39.3. The van der Waals surface area contributed by atoms with E-state index in [0.29, 0.717) is 11.8 Å². The van der Waals surface area contributed by atoms with Gasteiger partial charge in [-0.25, -0.2) is 0 Å². The number of rotatable bonds is 23. The second-order valence-corrected chi connectivity index (χ2v) is 22.9. The van der Waals surface area contributed by atoms with Gasteiger partial charge in [-0.05, 0) is 0 Å². The molecule has 4 aliphatic heterocycles. The van der Waals surface area contributed by atoms with E-state index in [4.69, 9.17) is 80.5 Å². The molecule has 0 aromatic rings. The van der Waals surface area contributed by atoms with Crippen LogP contribution in [0, 0.1) is 0 Å². The summed E-state index contributed by atoms with van der Waals surface area (Å²) in [4.78, 5) is 165. The average molecular weight is 1280 g/mol. The minimum absolute atomic E-state index is 0.351. The number of carbonyl (C=O) groups is 13. The van der Waals surface area contributed by atoms with Crippen LogP contribution in [0.5, 0.6) is 0 Å². The number of thioether (sulfide) groups is 3. The highest BCUT2D eigenvalue weighted by atomic mass is 32.2. The zero-order chi connectivity index (χ0) is 63.0. The van der Waals surface area contributed by atoms with E-state index in [-0.39, 0.29) is 5.75 Å². The van der Waals surface area contributed by atoms with Crippen molar-refractivity contribution in [2.24, 2.45) is 0 Å². The highest BCUT2D eigenvalue weighted by Crippen LogP contribution is 2.46. The lowest BCUT2D eigenvalue weighted by molar-refractivity contribution is -0.238. The van der Waals surface area contributed by atoms with E-state index in [9.17, 15) is 62.3 Å². The summed E-state index contributed by atoms with van der Waals surface area (Å²) in [5.41, 5.74) is -5.96. The highest BCUT2D eigenvalue weighted by Gasteiger charge is 2.59. The fraction of sp³-hybridized carbons (Fsp3) is 0.740. The van der Waals surface area contributed by atoms with Gasteiger partial charge in [0, 0.05) is 102 Å². The SMILES string of the molecule is CC(=O)OC[C@H]1O[C@@H](SC[C@H]2O[C@@H](SC[C@H]3O[C@@H](S)[C@H](OC(C)=O)[C@@H](OC(C)=O)[C@@H]3OC(C)=O)[C@H](OC(C)=O)[C@@H](S[C@@H]3O[C@H](COC(C)=O)[C@@H](OC(C)=O)[C@H](OC(C)=O)[C@H]3OC(C)=O)[C@@H]2OC(C)=O)[C@H](OC(C)=O)[C@@H](OC(C)=O)[C@@H]1OC(C)=O. The maximum Gasteiger partial charge on any atom is 0.303 e. The Kier molecular flexibility index (Phi) is 27.6. The minimum atomic E-state index is -1.75. The summed E-state index contributed by atoms with van der Waals surface area (Å²) in [5, 5.41) is -1.50. The zero-order valence-electron chi connectivity index (χ0n) is 47.8. The molecule has 20 atom stereocenters. The first-order valence-corrected chi connectivity index (χ1v) is 29.2. The molecule has 472 valence electrons. The average Bonchev–Trinajstić information content (AvgIpc) is 1.70. The number of esters is 13. The Bertz CT molecular complexity index is 2430. The van der Waals surface area contributed by atoms with Crippen molar-refractivity contribution in [3.8, 4) is 0 Å². The lowest BCUT2D eigenvalue weighted by Crippen LogP contribution is -2.64. The molecule has 4 rings (SSSR count). The van der Waals surface area contributed by atoms with Crippen molar-refractivity contribution in [1.82, 2.24) is 0 Å². The van der Waals surface area contributed by atoms with Crippen LogP contribution in [0.15, 0.2) is 0 Å². The Morgan fingerprint density at radius 2 is 0.560 bits per heavy atom. The topological polar surface area (TPSA) is 379 Å². The maximum absolute atomic E-state index is 13.4. The first kappa shape index (κ1) is 70.8. The molecule has 0 spiro atoms. The van der Waals surface area contributed by atoms with Gasteiger partial charge in [-0.1, -0.05) is 0 Å². The molecule has 0 N–H and O–H groups in total. The van der Waals surface area contributed by atoms with Crippen molar-refractivity contribution in [3.05, 3.63) is 0 Å². The molecule has 0 unspecified atom stereocenters. The van der Waals surface area contributed by atoms with Crippen molar-refractivity contribution >= 4 is 126 Å². The number of hydrogen-bond acceptors (Lipinski definition) is 34. The van der Waals surface area contributed by atoms with Crippen LogP contribution in [0.3, 0.4) is 0 Å². The van der Waals surface area contributed by atoms with E-state index in [1.807, 2.05) is 0 Å². The predicted molar refractivity (Wildman–Crippen MR) is 284 cm³/mol. The van der Waals surface area contributed by atoms with Crippen LogP contribution >= 0.6 is 47.9 Å². The first-order valence-electron chi connectivity index (χ1n) is 25.6. The second kappa shape index (κ2) is 32.7. The predicted octanol–water partition coefficient (Wildman–Crippen LogP) is 0.759. The van der Waals surface area contributed by atoms with E-state index in [1.54, 1.807) is 0 Å². The van der Waals surface area contributed by atoms with Gasteiger partial charge in [-0.2, -0.15) is 0 Å². The van der Waals surface area contributed by atoms with Gasteiger partial charge in [0.25, 0.3) is 0 Å². The molecular formula is C50H68O30S4. The Morgan fingerprint density at radius 3 is 0.940 bits per heavy atom. The standard InChI is InChI=1S/C50H68O30S4/c1-18(51)64-14-31-35(66-20(3)53)40(71-25(8)58)43(74-28(11)61)48(78-31)82-17-34-38(69-23(6)56)46(84-50-44(75-29(12)62)41(72-26(9)59)36(67-21(4)54)32(79-50)15-65-19(2)52)45(76-30(13)63)49(80-34)83-16-33-37(68-22(5)55)39(70-24(7)57)42(47(81)77-33)73-27(10)60/h31-50,81H,14-17H2,1-13H3/t31-,32-,33-,34-,35-,36-,37-,38-,39+,40+,41+,42-,43-,44-,45-,46+,47+,48+,49+,50+/m1/s1. The molecule has 0 aliphatic carbocycles. The summed E-state index contributed by atoms with van der Waals surface area (Å²) >= 11 is 6.75. The van der Waals surface area contributed by atoms with Crippen LogP contribution in [0.2, 0.25) is 0 Å². The lowest BCUT2D eigenvalue weighted by atomic mass is 9.99. The molecule has 34 heteroatoms. The summed E-state index contributed by atoms with van der Waals surface area (Å²) in [6, 6.07) is 0. The Morgan fingerprint density at radius 1 is 0.298 bits per heavy atom. The Hall–Kier alpha value is -5.65. The van der Waals surface area contributed by atoms with Crippen molar-refractivity contribution in [3.63, 3.8) is 0 Å². The summed E-state index contributed by atoms with van der Waals surface area (Å²) in [7, 11) is 0. The van der Waals surface area contributed by atoms with Crippen LogP contribution < -0.4 is 0 Å². The van der Waals surface area contributed by atoms with Crippen LogP contribution in [-0.4, -0.2) is 221 Å². The van der Waals surface area contributed by atoms with Gasteiger partial charge in [-0.15, -0.1) is 47.9 Å². The monoisotopic (exact) mass is 1280 g/mol. The molecule has 4 fully saturated rings. The van der Waals surface area contributed by atoms with Gasteiger partial charge in [-0.3, -0.25) is 62.3 Å². The van der Waals surface area contributed by atoms with E-state index >= 15 is 0 Å². The third kappa shape index (κ3) is 21.4. The molecular weight excluding hydrogens is 1210 g/mol. The number of carbonyl (C=O) groups excluding carboxylic acids is 13. The molecule has 0 amide bonds. The molecule has 30 nitrogen and oxygen atoms in total. The third-order valence-electron chi connectivity index (χ3n) is 11.7. The molecule has 4 saturated heterocycles. The summed E-state index contributed by atoms with van der Waals surface area (Å²) in [6.07, 6.45) is -23.4. The van der Waals surface area contributed by atoms with Gasteiger partial charge in [0.15, 0.2) is 61.0 Å². The summed E-state index contributed by atoms with van der Waals surface area (Å²) < 4.78 is 98.8. The van der Waals surface area contributed by atoms with Crippen LogP contribution in [-0.2, 0) is 143 Å². The third-order valence-corrected chi connectivity index (χ3v) is 16.1. The maximum atomic E-state index is 13.4. The number of hydrogen-bond donors (Lipinski definition) is 1. The van der Waals surface area contributed by atoms with E-state index in [0.717, 1.165) is 114 Å². The van der Waals surface area contributed by atoms with Gasteiger partial charge >= 0.3 is 77.6 Å². The number of ether oxygens (including phenoxy) is 17. The highest BCUT2D eigenvalue weighted by molar-refractivity contribution is 8.01. The normalized spacial score (nSPS) is 32.7. The Balaban J connectivity index is 2.00. The van der Waals surface area contributed by atoms with Gasteiger partial charge in [0.05, 0.1) is 5.25 Å². The second-order valence-electron chi connectivity index (χ2n) is 18.9. The Labute approximate surface area is 499 Å². The van der Waals surface area contributed by atoms with Gasteiger partial charge in [0.1, 0.15) is 65.5 Å². The van der Waals surface area contributed by atoms with Crippen LogP contribution in [0.25, 0.3) is 0 Å². The van der Waals surface area contributed by atoms with Crippen molar-refractivity contribution in [2.45, 2.75) is 209 Å². The molecule has 4 aliphatic rings. The molecule has 84 heavy (non-hydrogen) atoms. The minimum Gasteiger partial charge on any atom is -0.463 e. The quantitative estimate of drug-likeness (QED) is 0.0838. The van der Waals surface area contributed by atoms with Crippen molar-refractivity contribution in [2.75, 3.05) is 24.7 Å². The fourth-order valence-electron chi connectivity index (χ4n) is 9.11. The van der Waals surface area contributed by atoms with Crippen LogP contribution in [0.4, 0.5) is 0 Å². The van der Waals surface area contributed by atoms with E-state index in [2.05, 4.69) is 12.6 Å². The summed E-state index contributed by atoms with van der Waals surface area (Å²) in [5.74, 6) is -12.6. The number of thiol groups is 1. The smallest absolute Gasteiger partial charge is 0.303 e. The molecule has 0 aromatic carbocycles. The zero-order valence-corrected chi connectivity index (χ0v) is 51.1. The van der Waals surface area contributed by atoms with Gasteiger partial charge < -0.3 is 80.5 Å². The molecule has 0 bridgehead atoms. The molecule has 0 aromatic heterocycles. The lowest BCUT2D eigenvalue weighted by Gasteiger charge is -2.49. The van der Waals surface area contributed by atoms with E-state index in [1.165, 1.54) is 0 Å². The van der Waals surface area contributed by atoms with Gasteiger partial charge in [0.2, 0.25) is 0 Å². The van der Waals surface area contributed by atoms with Crippen molar-refractivity contribution < 1.29 is 143 Å². The van der Waals surface area contributed by atoms with Crippen LogP contribution in [0.1, 0.15) is 90.0 Å². The fourth-order valence-corrected chi connectivity index (χ4v) is 13.8.